The van der Waals surface area contributed by atoms with Gasteiger partial charge in [-0.2, -0.15) is 4.98 Å². The van der Waals surface area contributed by atoms with Gasteiger partial charge in [-0.25, -0.2) is 9.78 Å². The average molecular weight is 347 g/mol. The van der Waals surface area contributed by atoms with Crippen molar-refractivity contribution in [1.29, 1.82) is 0 Å². The first-order chi connectivity index (χ1) is 8.61. The molecular weight excluding hydrogens is 342 g/mol. The lowest BCUT2D eigenvalue weighted by molar-refractivity contribution is 0.529. The van der Waals surface area contributed by atoms with Crippen LogP contribution in [0.2, 0.25) is 4.47 Å². The van der Waals surface area contributed by atoms with E-state index in [1.807, 2.05) is 10.8 Å². The highest BCUT2D eigenvalue weighted by Crippen LogP contribution is 2.25. The van der Waals surface area contributed by atoms with Crippen molar-refractivity contribution in [3.63, 3.8) is 0 Å². The van der Waals surface area contributed by atoms with Crippen molar-refractivity contribution in [3.05, 3.63) is 42.8 Å². The van der Waals surface area contributed by atoms with Gasteiger partial charge in [0.25, 0.3) is 0 Å². The topological polar surface area (TPSA) is 60.9 Å². The van der Waals surface area contributed by atoms with Crippen LogP contribution in [-0.2, 0) is 6.54 Å². The number of hydrogen-bond acceptors (Lipinski definition) is 5. The van der Waals surface area contributed by atoms with E-state index in [-0.39, 0.29) is 0 Å². The quantitative estimate of drug-likeness (QED) is 0.716. The van der Waals surface area contributed by atoms with Crippen LogP contribution in [-0.4, -0.2) is 14.5 Å². The fourth-order valence-electron chi connectivity index (χ4n) is 1.62. The number of pyridine rings is 1. The SMILES string of the molecule is O=c1nc2n(Cc3cnc(Cl)s3)cc(Br)cc-2o1. The number of fused-ring (bicyclic) bond motifs is 1. The van der Waals surface area contributed by atoms with E-state index in [4.69, 9.17) is 16.0 Å². The molecule has 0 N–H and O–H groups in total. The van der Waals surface area contributed by atoms with Crippen LogP contribution in [0.4, 0.5) is 0 Å². The Morgan fingerprint density at radius 3 is 3.11 bits per heavy atom. The normalized spacial score (nSPS) is 11.2. The number of halogens is 2. The lowest BCUT2D eigenvalue weighted by atomic mass is 10.3. The summed E-state index contributed by atoms with van der Waals surface area (Å²) in [7, 11) is 0. The van der Waals surface area contributed by atoms with Crippen LogP contribution in [0.15, 0.2) is 32.1 Å². The van der Waals surface area contributed by atoms with Crippen molar-refractivity contribution in [2.45, 2.75) is 6.54 Å². The summed E-state index contributed by atoms with van der Waals surface area (Å²) in [5.74, 6) is 0.358. The first-order valence-corrected chi connectivity index (χ1v) is 6.87. The number of nitrogens with zero attached hydrogens (tertiary/aromatic N) is 3. The van der Waals surface area contributed by atoms with Gasteiger partial charge in [0.2, 0.25) is 0 Å². The highest BCUT2D eigenvalue weighted by Gasteiger charge is 2.16. The molecule has 2 aliphatic rings. The second kappa shape index (κ2) is 4.49. The minimum Gasteiger partial charge on any atom is -0.405 e. The summed E-state index contributed by atoms with van der Waals surface area (Å²) in [6.45, 7) is 0.534. The van der Waals surface area contributed by atoms with Crippen molar-refractivity contribution in [3.8, 4) is 11.6 Å². The van der Waals surface area contributed by atoms with E-state index in [2.05, 4.69) is 25.9 Å². The number of thiazole rings is 1. The summed E-state index contributed by atoms with van der Waals surface area (Å²) < 4.78 is 8.08. The molecule has 0 fully saturated rings. The van der Waals surface area contributed by atoms with Gasteiger partial charge in [0.1, 0.15) is 0 Å². The third-order valence-electron chi connectivity index (χ3n) is 2.29. The van der Waals surface area contributed by atoms with Crippen LogP contribution in [0.5, 0.6) is 0 Å². The fourth-order valence-corrected chi connectivity index (χ4v) is 3.05. The predicted octanol–water partition coefficient (Wildman–Crippen LogP) is 2.86. The third-order valence-corrected chi connectivity index (χ3v) is 3.82. The summed E-state index contributed by atoms with van der Waals surface area (Å²) in [6.07, 6.45) is 3.53. The van der Waals surface area contributed by atoms with E-state index in [1.165, 1.54) is 11.3 Å². The van der Waals surface area contributed by atoms with E-state index in [1.54, 1.807) is 12.3 Å². The minimum atomic E-state index is -0.598. The van der Waals surface area contributed by atoms with Crippen LogP contribution in [0.3, 0.4) is 0 Å². The van der Waals surface area contributed by atoms with Crippen LogP contribution >= 0.6 is 38.9 Å². The first-order valence-electron chi connectivity index (χ1n) is 4.88. The Morgan fingerprint density at radius 2 is 2.39 bits per heavy atom. The summed E-state index contributed by atoms with van der Waals surface area (Å²) in [4.78, 5) is 19.9. The molecule has 92 valence electrons. The molecule has 0 aliphatic carbocycles. The fraction of sp³-hybridized carbons (Fsp3) is 0.100. The van der Waals surface area contributed by atoms with Gasteiger partial charge >= 0.3 is 5.76 Å². The molecule has 1 aromatic heterocycles. The Labute approximate surface area is 119 Å². The Morgan fingerprint density at radius 1 is 1.56 bits per heavy atom. The summed E-state index contributed by atoms with van der Waals surface area (Å²) in [5.41, 5.74) is 0. The lowest BCUT2D eigenvalue weighted by Gasteiger charge is -2.08. The van der Waals surface area contributed by atoms with Crippen molar-refractivity contribution in [1.82, 2.24) is 14.5 Å². The van der Waals surface area contributed by atoms with Crippen LogP contribution < -0.4 is 5.76 Å². The van der Waals surface area contributed by atoms with Gasteiger partial charge in [0.05, 0.1) is 6.54 Å². The lowest BCUT2D eigenvalue weighted by Crippen LogP contribution is -2.05. The maximum absolute atomic E-state index is 11.2. The van der Waals surface area contributed by atoms with Gasteiger partial charge in [0.15, 0.2) is 16.1 Å². The van der Waals surface area contributed by atoms with Gasteiger partial charge in [-0.05, 0) is 15.9 Å². The van der Waals surface area contributed by atoms with Crippen LogP contribution in [0.1, 0.15) is 4.88 Å². The van der Waals surface area contributed by atoms with E-state index in [0.717, 1.165) is 9.35 Å². The highest BCUT2D eigenvalue weighted by atomic mass is 79.9. The maximum atomic E-state index is 11.2. The van der Waals surface area contributed by atoms with E-state index >= 15 is 0 Å². The number of rotatable bonds is 2. The molecule has 1 aromatic rings. The van der Waals surface area contributed by atoms with Crippen LogP contribution in [0.25, 0.3) is 11.6 Å². The van der Waals surface area contributed by atoms with Gasteiger partial charge in [-0.1, -0.05) is 11.6 Å². The molecule has 0 bridgehead atoms. The van der Waals surface area contributed by atoms with Crippen LogP contribution in [0, 0.1) is 0 Å². The smallest absolute Gasteiger partial charge is 0.405 e. The van der Waals surface area contributed by atoms with E-state index in [0.29, 0.717) is 22.6 Å². The Kier molecular flexibility index (Phi) is 2.96. The Balaban J connectivity index is 2.08. The van der Waals surface area contributed by atoms with Gasteiger partial charge in [-0.3, -0.25) is 0 Å². The van der Waals surface area contributed by atoms with E-state index < -0.39 is 5.76 Å². The Hall–Kier alpha value is -1.18. The van der Waals surface area contributed by atoms with Crippen molar-refractivity contribution in [2.75, 3.05) is 0 Å². The molecule has 0 radical (unpaired) electrons. The minimum absolute atomic E-state index is 0.449. The number of hydrogen-bond donors (Lipinski definition) is 0. The van der Waals surface area contributed by atoms with Gasteiger partial charge in [0, 0.05) is 27.8 Å². The number of aromatic nitrogens is 3. The second-order valence-corrected chi connectivity index (χ2v) is 6.15. The molecule has 3 rings (SSSR count). The molecule has 0 saturated heterocycles. The van der Waals surface area contributed by atoms with E-state index in [9.17, 15) is 4.79 Å². The van der Waals surface area contributed by atoms with Gasteiger partial charge < -0.3 is 8.98 Å². The molecular formula is C10H5BrClN3O2S. The molecule has 0 amide bonds. The maximum Gasteiger partial charge on any atom is 0.441 e. The monoisotopic (exact) mass is 345 g/mol. The molecule has 0 atom stereocenters. The highest BCUT2D eigenvalue weighted by molar-refractivity contribution is 9.10. The largest absolute Gasteiger partial charge is 0.441 e. The number of oxazole rings is 1. The molecule has 0 unspecified atom stereocenters. The zero-order chi connectivity index (χ0) is 12.7. The summed E-state index contributed by atoms with van der Waals surface area (Å²) in [5, 5.41) is 0. The molecule has 5 nitrogen and oxygen atoms in total. The molecule has 0 saturated carbocycles. The van der Waals surface area contributed by atoms with Crippen molar-refractivity contribution < 1.29 is 4.42 Å². The zero-order valence-corrected chi connectivity index (χ0v) is 11.9. The Bertz CT molecular complexity index is 735. The molecule has 8 heteroatoms. The molecule has 18 heavy (non-hydrogen) atoms. The average Bonchev–Trinajstić information content (AvgIpc) is 2.84. The van der Waals surface area contributed by atoms with Crippen molar-refractivity contribution >= 4 is 38.9 Å². The summed E-state index contributed by atoms with van der Waals surface area (Å²) in [6, 6.07) is 1.71. The standard InChI is InChI=1S/C10H5BrClN3O2S/c11-5-1-7-8(14-10(16)17-7)15(3-5)4-6-2-13-9(12)18-6/h1-3H,4H2. The third kappa shape index (κ3) is 2.21. The molecule has 2 aliphatic heterocycles. The second-order valence-electron chi connectivity index (χ2n) is 3.53. The molecule has 0 aromatic carbocycles. The predicted molar refractivity (Wildman–Crippen MR) is 71.3 cm³/mol. The molecule has 3 heterocycles. The van der Waals surface area contributed by atoms with Gasteiger partial charge in [-0.15, -0.1) is 11.3 Å². The summed E-state index contributed by atoms with van der Waals surface area (Å²) >= 11 is 10.5. The first kappa shape index (κ1) is 11.9. The molecule has 0 spiro atoms. The zero-order valence-electron chi connectivity index (χ0n) is 8.76. The van der Waals surface area contributed by atoms with Crippen molar-refractivity contribution in [2.24, 2.45) is 0 Å².